The molecule has 0 aliphatic rings. The number of rotatable bonds is 4. The zero-order chi connectivity index (χ0) is 15.1. The molecule has 2 rings (SSSR count). The zero-order valence-corrected chi connectivity index (χ0v) is 13.8. The second-order valence-corrected chi connectivity index (χ2v) is 8.65. The van der Waals surface area contributed by atoms with E-state index in [4.69, 9.17) is 11.6 Å². The van der Waals surface area contributed by atoms with Crippen molar-refractivity contribution >= 4 is 32.3 Å². The lowest BCUT2D eigenvalue weighted by Gasteiger charge is -2.16. The third-order valence-corrected chi connectivity index (χ3v) is 5.84. The van der Waals surface area contributed by atoms with E-state index in [9.17, 15) is 8.42 Å². The molecule has 0 aliphatic heterocycles. The normalized spacial score (nSPS) is 12.8. The van der Waals surface area contributed by atoms with Crippen molar-refractivity contribution in [2.45, 2.75) is 44.7 Å². The minimum absolute atomic E-state index is 0.0646. The molecule has 0 saturated heterocycles. The Labute approximate surface area is 125 Å². The van der Waals surface area contributed by atoms with Crippen molar-refractivity contribution in [1.29, 1.82) is 0 Å². The smallest absolute Gasteiger partial charge is 0.158 e. The van der Waals surface area contributed by atoms with Gasteiger partial charge in [-0.05, 0) is 45.9 Å². The summed E-state index contributed by atoms with van der Waals surface area (Å²) in [6.45, 7) is 7.53. The molecule has 0 N–H and O–H groups in total. The molecule has 1 aromatic heterocycles. The maximum Gasteiger partial charge on any atom is 0.158 e. The molecule has 0 radical (unpaired) electrons. The van der Waals surface area contributed by atoms with Crippen molar-refractivity contribution in [3.8, 4) is 0 Å². The summed E-state index contributed by atoms with van der Waals surface area (Å²) in [5.74, 6) is 0.0646. The first-order valence-corrected chi connectivity index (χ1v) is 8.82. The van der Waals surface area contributed by atoms with Gasteiger partial charge >= 0.3 is 0 Å². The van der Waals surface area contributed by atoms with Crippen LogP contribution in [0.1, 0.15) is 39.4 Å². The summed E-state index contributed by atoms with van der Waals surface area (Å²) in [7, 11) is -3.12. The summed E-state index contributed by atoms with van der Waals surface area (Å²) in [6, 6.07) is 7.79. The first kappa shape index (κ1) is 15.4. The fourth-order valence-electron chi connectivity index (χ4n) is 2.35. The van der Waals surface area contributed by atoms with E-state index in [1.54, 1.807) is 13.8 Å². The van der Waals surface area contributed by atoms with Crippen LogP contribution < -0.4 is 0 Å². The quantitative estimate of drug-likeness (QED) is 0.848. The number of benzene rings is 1. The highest BCUT2D eigenvalue weighted by Crippen LogP contribution is 2.28. The number of hydrogen-bond acceptors (Lipinski definition) is 2. The van der Waals surface area contributed by atoms with E-state index >= 15 is 0 Å². The number of sulfone groups is 1. The van der Waals surface area contributed by atoms with Crippen molar-refractivity contribution in [3.05, 3.63) is 35.0 Å². The second-order valence-electron chi connectivity index (χ2n) is 5.66. The third-order valence-electron chi connectivity index (χ3n) is 3.47. The summed E-state index contributed by atoms with van der Waals surface area (Å²) in [4.78, 5) is 0. The van der Waals surface area contributed by atoms with E-state index in [-0.39, 0.29) is 17.0 Å². The first-order chi connectivity index (χ1) is 9.22. The van der Waals surface area contributed by atoms with E-state index in [0.717, 1.165) is 16.6 Å². The first-order valence-electron chi connectivity index (χ1n) is 6.73. The molecular weight excluding hydrogens is 294 g/mol. The number of hydrogen-bond donors (Lipinski definition) is 0. The summed E-state index contributed by atoms with van der Waals surface area (Å²) in [5, 5.41) is 1.32. The van der Waals surface area contributed by atoms with Crippen molar-refractivity contribution < 1.29 is 8.42 Å². The van der Waals surface area contributed by atoms with Gasteiger partial charge in [0.05, 0.1) is 11.0 Å². The monoisotopic (exact) mass is 313 g/mol. The van der Waals surface area contributed by atoms with Crippen molar-refractivity contribution in [2.24, 2.45) is 0 Å². The van der Waals surface area contributed by atoms with E-state index in [1.165, 1.54) is 0 Å². The Kier molecular flexibility index (Phi) is 4.17. The lowest BCUT2D eigenvalue weighted by molar-refractivity contribution is 0.574. The Morgan fingerprint density at radius 2 is 1.80 bits per heavy atom. The molecule has 0 fully saturated rings. The molecular formula is C15H20ClNO2S. The number of aromatic nitrogens is 1. The van der Waals surface area contributed by atoms with Crippen LogP contribution in [0, 0.1) is 0 Å². The molecule has 0 amide bonds. The van der Waals surface area contributed by atoms with Gasteiger partial charge in [0.15, 0.2) is 9.84 Å². The minimum atomic E-state index is -3.12. The molecule has 3 nitrogen and oxygen atoms in total. The van der Waals surface area contributed by atoms with Gasteiger partial charge < -0.3 is 4.57 Å². The predicted octanol–water partition coefficient (Wildman–Crippen LogP) is 4.20. The Morgan fingerprint density at radius 1 is 1.15 bits per heavy atom. The summed E-state index contributed by atoms with van der Waals surface area (Å²) >= 11 is 6.06. The Bertz CT molecular complexity index is 730. The van der Waals surface area contributed by atoms with Crippen LogP contribution in [-0.2, 0) is 15.6 Å². The zero-order valence-electron chi connectivity index (χ0n) is 12.2. The van der Waals surface area contributed by atoms with Gasteiger partial charge in [-0.2, -0.15) is 0 Å². The SMILES string of the molecule is CC(C)n1c(CS(=O)(=O)C(C)C)cc2ccc(Cl)cc21. The average molecular weight is 314 g/mol. The topological polar surface area (TPSA) is 39.1 Å². The Balaban J connectivity index is 2.62. The van der Waals surface area contributed by atoms with Gasteiger partial charge in [-0.3, -0.25) is 0 Å². The van der Waals surface area contributed by atoms with Crippen LogP contribution in [-0.4, -0.2) is 18.2 Å². The number of nitrogens with zero attached hydrogens (tertiary/aromatic N) is 1. The summed E-state index contributed by atoms with van der Waals surface area (Å²) < 4.78 is 26.4. The highest BCUT2D eigenvalue weighted by molar-refractivity contribution is 7.91. The van der Waals surface area contributed by atoms with Crippen LogP contribution in [0.15, 0.2) is 24.3 Å². The highest BCUT2D eigenvalue weighted by Gasteiger charge is 2.21. The summed E-state index contributed by atoms with van der Waals surface area (Å²) in [5.41, 5.74) is 1.81. The second kappa shape index (κ2) is 5.41. The van der Waals surface area contributed by atoms with Crippen LogP contribution in [0.3, 0.4) is 0 Å². The van der Waals surface area contributed by atoms with Crippen LogP contribution in [0.4, 0.5) is 0 Å². The fraction of sp³-hybridized carbons (Fsp3) is 0.467. The van der Waals surface area contributed by atoms with E-state index < -0.39 is 9.84 Å². The van der Waals surface area contributed by atoms with Crippen LogP contribution in [0.2, 0.25) is 5.02 Å². The molecule has 0 saturated carbocycles. The molecule has 0 unspecified atom stereocenters. The van der Waals surface area contributed by atoms with E-state index in [2.05, 4.69) is 4.57 Å². The van der Waals surface area contributed by atoms with E-state index in [0.29, 0.717) is 5.02 Å². The lowest BCUT2D eigenvalue weighted by atomic mass is 10.2. The fourth-order valence-corrected chi connectivity index (χ4v) is 3.48. The minimum Gasteiger partial charge on any atom is -0.341 e. The largest absolute Gasteiger partial charge is 0.341 e. The lowest BCUT2D eigenvalue weighted by Crippen LogP contribution is -2.18. The van der Waals surface area contributed by atoms with Crippen molar-refractivity contribution in [1.82, 2.24) is 4.57 Å². The van der Waals surface area contributed by atoms with Crippen LogP contribution >= 0.6 is 11.6 Å². The van der Waals surface area contributed by atoms with Crippen molar-refractivity contribution in [2.75, 3.05) is 0 Å². The standard InChI is InChI=1S/C15H20ClNO2S/c1-10(2)17-14(9-20(18,19)11(3)4)7-12-5-6-13(16)8-15(12)17/h5-8,10-11H,9H2,1-4H3. The highest BCUT2D eigenvalue weighted by atomic mass is 35.5. The molecule has 2 aromatic rings. The maximum absolute atomic E-state index is 12.2. The van der Waals surface area contributed by atoms with Gasteiger partial charge in [0.2, 0.25) is 0 Å². The third kappa shape index (κ3) is 2.86. The van der Waals surface area contributed by atoms with E-state index in [1.807, 2.05) is 38.1 Å². The number of halogens is 1. The summed E-state index contributed by atoms with van der Waals surface area (Å²) in [6.07, 6.45) is 0. The van der Waals surface area contributed by atoms with Crippen molar-refractivity contribution in [3.63, 3.8) is 0 Å². The number of fused-ring (bicyclic) bond motifs is 1. The molecule has 0 bridgehead atoms. The maximum atomic E-state index is 12.2. The van der Waals surface area contributed by atoms with Gasteiger partial charge in [-0.1, -0.05) is 17.7 Å². The predicted molar refractivity (Wildman–Crippen MR) is 85.1 cm³/mol. The van der Waals surface area contributed by atoms with Gasteiger partial charge in [0, 0.05) is 27.7 Å². The molecule has 1 aromatic carbocycles. The van der Waals surface area contributed by atoms with Gasteiger partial charge in [-0.25, -0.2) is 8.42 Å². The molecule has 1 heterocycles. The molecule has 0 atom stereocenters. The van der Waals surface area contributed by atoms with Gasteiger partial charge in [0.25, 0.3) is 0 Å². The average Bonchev–Trinajstić information content (AvgIpc) is 2.64. The van der Waals surface area contributed by atoms with Crippen LogP contribution in [0.5, 0.6) is 0 Å². The van der Waals surface area contributed by atoms with Gasteiger partial charge in [-0.15, -0.1) is 0 Å². The molecule has 5 heteroatoms. The van der Waals surface area contributed by atoms with Gasteiger partial charge in [0.1, 0.15) is 0 Å². The molecule has 0 spiro atoms. The molecule has 20 heavy (non-hydrogen) atoms. The van der Waals surface area contributed by atoms with Crippen LogP contribution in [0.25, 0.3) is 10.9 Å². The molecule has 110 valence electrons. The molecule has 0 aliphatic carbocycles. The Hall–Kier alpha value is -1.00. The Morgan fingerprint density at radius 3 is 2.35 bits per heavy atom.